The van der Waals surface area contributed by atoms with Gasteiger partial charge in [0.15, 0.2) is 5.16 Å². The minimum absolute atomic E-state index is 0.0408. The number of thioether (sulfide) groups is 1. The second-order valence-corrected chi connectivity index (χ2v) is 6.94. The number of aromatic nitrogens is 2. The topological polar surface area (TPSA) is 82.0 Å². The van der Waals surface area contributed by atoms with E-state index in [0.29, 0.717) is 17.5 Å². The second kappa shape index (κ2) is 8.39. The van der Waals surface area contributed by atoms with E-state index in [0.717, 1.165) is 36.5 Å². The van der Waals surface area contributed by atoms with Crippen LogP contribution < -0.4 is 10.3 Å². The minimum Gasteiger partial charge on any atom is -0.494 e. The van der Waals surface area contributed by atoms with E-state index in [2.05, 4.69) is 14.9 Å². The lowest BCUT2D eigenvalue weighted by atomic mass is 10.0. The average molecular weight is 370 g/mol. The molecule has 1 aromatic heterocycles. The number of H-pyrrole nitrogens is 1. The Bertz CT molecular complexity index is 882. The number of hydrogen-bond acceptors (Lipinski definition) is 6. The number of benzene rings is 1. The first-order chi connectivity index (χ1) is 12.7. The zero-order chi connectivity index (χ0) is 18.5. The number of likely N-dealkylation sites (tertiary alicyclic amines) is 1. The zero-order valence-corrected chi connectivity index (χ0v) is 15.9. The first kappa shape index (κ1) is 18.5. The van der Waals surface area contributed by atoms with Gasteiger partial charge in [0.05, 0.1) is 12.3 Å². The van der Waals surface area contributed by atoms with Crippen LogP contribution in [0.3, 0.4) is 0 Å². The maximum absolute atomic E-state index is 12.2. The van der Waals surface area contributed by atoms with E-state index in [9.17, 15) is 10.1 Å². The highest BCUT2D eigenvalue weighted by atomic mass is 32.2. The van der Waals surface area contributed by atoms with E-state index < -0.39 is 5.56 Å². The minimum atomic E-state index is -0.406. The van der Waals surface area contributed by atoms with Gasteiger partial charge in [0.1, 0.15) is 17.4 Å². The third kappa shape index (κ3) is 3.92. The van der Waals surface area contributed by atoms with Crippen LogP contribution in [0.1, 0.15) is 30.9 Å². The molecular weight excluding hydrogens is 348 g/mol. The van der Waals surface area contributed by atoms with Crippen molar-refractivity contribution in [3.63, 3.8) is 0 Å². The van der Waals surface area contributed by atoms with Crippen LogP contribution in [-0.2, 0) is 6.54 Å². The van der Waals surface area contributed by atoms with Crippen LogP contribution in [0.15, 0.2) is 28.2 Å². The lowest BCUT2D eigenvalue weighted by molar-refractivity contribution is 0.305. The predicted molar refractivity (Wildman–Crippen MR) is 102 cm³/mol. The van der Waals surface area contributed by atoms with Gasteiger partial charge in [-0.05, 0) is 57.3 Å². The van der Waals surface area contributed by atoms with Gasteiger partial charge < -0.3 is 9.72 Å². The summed E-state index contributed by atoms with van der Waals surface area (Å²) in [5.41, 5.74) is 1.88. The van der Waals surface area contributed by atoms with Crippen LogP contribution in [0.5, 0.6) is 5.75 Å². The van der Waals surface area contributed by atoms with Crippen molar-refractivity contribution in [3.05, 3.63) is 39.7 Å². The standard InChI is InChI=1S/C19H22N4O2S/c1-3-25-16-7-6-13(10-14(16)12-23-8-4-5-9-23)17-15(11-20)18(24)22-19(21-17)26-2/h6-7,10H,3-5,8-9,12H2,1-2H3,(H,21,22,24). The van der Waals surface area contributed by atoms with Gasteiger partial charge in [-0.1, -0.05) is 11.8 Å². The van der Waals surface area contributed by atoms with Crippen LogP contribution >= 0.6 is 11.8 Å². The Kier molecular flexibility index (Phi) is 5.96. The van der Waals surface area contributed by atoms with E-state index in [4.69, 9.17) is 4.74 Å². The summed E-state index contributed by atoms with van der Waals surface area (Å²) >= 11 is 1.34. The quantitative estimate of drug-likeness (QED) is 0.622. The molecule has 2 heterocycles. The molecule has 1 fully saturated rings. The highest BCUT2D eigenvalue weighted by Gasteiger charge is 2.18. The van der Waals surface area contributed by atoms with Gasteiger partial charge in [-0.3, -0.25) is 9.69 Å². The number of aromatic amines is 1. The third-order valence-electron chi connectivity index (χ3n) is 4.43. The molecule has 0 saturated carbocycles. The van der Waals surface area contributed by atoms with Crippen molar-refractivity contribution < 1.29 is 4.74 Å². The van der Waals surface area contributed by atoms with E-state index in [1.807, 2.05) is 37.4 Å². The van der Waals surface area contributed by atoms with Gasteiger partial charge >= 0.3 is 0 Å². The Hall–Kier alpha value is -2.30. The molecule has 1 N–H and O–H groups in total. The molecule has 0 spiro atoms. The van der Waals surface area contributed by atoms with Gasteiger partial charge in [-0.25, -0.2) is 4.98 Å². The Morgan fingerprint density at radius 3 is 2.81 bits per heavy atom. The van der Waals surface area contributed by atoms with Gasteiger partial charge in [-0.15, -0.1) is 0 Å². The van der Waals surface area contributed by atoms with Gasteiger partial charge in [0.2, 0.25) is 0 Å². The summed E-state index contributed by atoms with van der Waals surface area (Å²) in [6.07, 6.45) is 4.27. The Labute approximate surface area is 157 Å². The average Bonchev–Trinajstić information content (AvgIpc) is 3.15. The molecule has 1 saturated heterocycles. The normalized spacial score (nSPS) is 14.3. The summed E-state index contributed by atoms with van der Waals surface area (Å²) in [5.74, 6) is 0.844. The van der Waals surface area contributed by atoms with Gasteiger partial charge in [0, 0.05) is 17.7 Å². The molecule has 26 heavy (non-hydrogen) atoms. The molecule has 7 heteroatoms. The largest absolute Gasteiger partial charge is 0.494 e. The molecule has 0 aliphatic carbocycles. The lowest BCUT2D eigenvalue weighted by Crippen LogP contribution is -2.19. The first-order valence-electron chi connectivity index (χ1n) is 8.73. The number of nitriles is 1. The number of ether oxygens (including phenoxy) is 1. The molecule has 1 aliphatic rings. The molecular formula is C19H22N4O2S. The van der Waals surface area contributed by atoms with Crippen LogP contribution in [0.4, 0.5) is 0 Å². The van der Waals surface area contributed by atoms with E-state index >= 15 is 0 Å². The summed E-state index contributed by atoms with van der Waals surface area (Å²) in [6, 6.07) is 7.76. The Morgan fingerprint density at radius 1 is 1.38 bits per heavy atom. The van der Waals surface area contributed by atoms with Gasteiger partial charge in [0.25, 0.3) is 5.56 Å². The maximum atomic E-state index is 12.2. The monoisotopic (exact) mass is 370 g/mol. The lowest BCUT2D eigenvalue weighted by Gasteiger charge is -2.18. The highest BCUT2D eigenvalue weighted by Crippen LogP contribution is 2.29. The van der Waals surface area contributed by atoms with E-state index in [-0.39, 0.29) is 5.56 Å². The molecule has 2 aromatic rings. The SMILES string of the molecule is CCOc1ccc(-c2nc(SC)[nH]c(=O)c2C#N)cc1CN1CCCC1. The van der Waals surface area contributed by atoms with Crippen molar-refractivity contribution in [2.75, 3.05) is 26.0 Å². The van der Waals surface area contributed by atoms with Crippen molar-refractivity contribution >= 4 is 11.8 Å². The van der Waals surface area contributed by atoms with Crippen LogP contribution in [0, 0.1) is 11.3 Å². The molecule has 1 aromatic carbocycles. The fraction of sp³-hybridized carbons (Fsp3) is 0.421. The molecule has 0 amide bonds. The van der Waals surface area contributed by atoms with Crippen molar-refractivity contribution in [3.8, 4) is 23.1 Å². The molecule has 0 unspecified atom stereocenters. The zero-order valence-electron chi connectivity index (χ0n) is 15.0. The molecule has 3 rings (SSSR count). The molecule has 0 bridgehead atoms. The third-order valence-corrected chi connectivity index (χ3v) is 5.01. The number of rotatable bonds is 6. The number of nitrogens with zero attached hydrogens (tertiary/aromatic N) is 3. The van der Waals surface area contributed by atoms with Crippen LogP contribution in [0.2, 0.25) is 0 Å². The Morgan fingerprint density at radius 2 is 2.15 bits per heavy atom. The van der Waals surface area contributed by atoms with E-state index in [1.54, 1.807) is 0 Å². The van der Waals surface area contributed by atoms with Crippen LogP contribution in [0.25, 0.3) is 11.3 Å². The van der Waals surface area contributed by atoms with Crippen molar-refractivity contribution in [1.82, 2.24) is 14.9 Å². The summed E-state index contributed by atoms with van der Waals surface area (Å²) in [4.78, 5) is 21.7. The number of hydrogen-bond donors (Lipinski definition) is 1. The van der Waals surface area contributed by atoms with Crippen LogP contribution in [-0.4, -0.2) is 40.8 Å². The van der Waals surface area contributed by atoms with Crippen molar-refractivity contribution in [2.24, 2.45) is 0 Å². The molecule has 0 radical (unpaired) electrons. The summed E-state index contributed by atoms with van der Waals surface area (Å²) in [6.45, 7) is 5.52. The second-order valence-electron chi connectivity index (χ2n) is 6.15. The maximum Gasteiger partial charge on any atom is 0.270 e. The molecule has 1 aliphatic heterocycles. The van der Waals surface area contributed by atoms with Crippen molar-refractivity contribution in [2.45, 2.75) is 31.5 Å². The molecule has 6 nitrogen and oxygen atoms in total. The fourth-order valence-corrected chi connectivity index (χ4v) is 3.57. The van der Waals surface area contributed by atoms with Crippen molar-refractivity contribution in [1.29, 1.82) is 5.26 Å². The fourth-order valence-electron chi connectivity index (χ4n) is 3.19. The van der Waals surface area contributed by atoms with E-state index in [1.165, 1.54) is 24.6 Å². The van der Waals surface area contributed by atoms with Gasteiger partial charge in [-0.2, -0.15) is 5.26 Å². The predicted octanol–water partition coefficient (Wildman–Crippen LogP) is 3.02. The molecule has 0 atom stereocenters. The Balaban J connectivity index is 2.07. The summed E-state index contributed by atoms with van der Waals surface area (Å²) in [5, 5.41) is 9.91. The number of nitrogens with one attached hydrogen (secondary N) is 1. The summed E-state index contributed by atoms with van der Waals surface area (Å²) < 4.78 is 5.78. The molecule has 136 valence electrons. The smallest absolute Gasteiger partial charge is 0.270 e. The highest BCUT2D eigenvalue weighted by molar-refractivity contribution is 7.98. The first-order valence-corrected chi connectivity index (χ1v) is 9.95. The summed E-state index contributed by atoms with van der Waals surface area (Å²) in [7, 11) is 0.